The zero-order valence-electron chi connectivity index (χ0n) is 11.2. The fourth-order valence-corrected chi connectivity index (χ4v) is 2.97. The van der Waals surface area contributed by atoms with Gasteiger partial charge in [-0.2, -0.15) is 0 Å². The van der Waals surface area contributed by atoms with E-state index in [0.717, 1.165) is 16.1 Å². The van der Waals surface area contributed by atoms with Crippen molar-refractivity contribution in [2.45, 2.75) is 19.9 Å². The molecule has 0 fully saturated rings. The van der Waals surface area contributed by atoms with E-state index in [2.05, 4.69) is 4.98 Å². The summed E-state index contributed by atoms with van der Waals surface area (Å²) in [6.45, 7) is 2.19. The first kappa shape index (κ1) is 13.6. The summed E-state index contributed by atoms with van der Waals surface area (Å²) in [6, 6.07) is 4.77. The number of carboxylic acid groups (broad SMARTS) is 1. The lowest BCUT2D eigenvalue weighted by Crippen LogP contribution is -2.20. The Morgan fingerprint density at radius 3 is 2.95 bits per heavy atom. The maximum absolute atomic E-state index is 12.4. The molecule has 0 aliphatic heterocycles. The van der Waals surface area contributed by atoms with E-state index in [1.807, 2.05) is 13.0 Å². The lowest BCUT2D eigenvalue weighted by Gasteiger charge is -2.02. The van der Waals surface area contributed by atoms with Crippen molar-refractivity contribution in [2.75, 3.05) is 0 Å². The lowest BCUT2D eigenvalue weighted by molar-refractivity contribution is 0.0660. The zero-order chi connectivity index (χ0) is 15.0. The van der Waals surface area contributed by atoms with Gasteiger partial charge in [0.25, 0.3) is 5.56 Å². The molecule has 3 rings (SSSR count). The van der Waals surface area contributed by atoms with Crippen molar-refractivity contribution in [3.8, 4) is 0 Å². The van der Waals surface area contributed by atoms with Crippen LogP contribution in [0.15, 0.2) is 33.7 Å². The van der Waals surface area contributed by atoms with Gasteiger partial charge in [-0.1, -0.05) is 6.92 Å². The number of carboxylic acids is 1. The van der Waals surface area contributed by atoms with E-state index in [1.54, 1.807) is 6.07 Å². The molecular weight excluding hydrogens is 292 g/mol. The highest BCUT2D eigenvalue weighted by Crippen LogP contribution is 2.21. The van der Waals surface area contributed by atoms with Crippen molar-refractivity contribution in [3.63, 3.8) is 0 Å². The Balaban J connectivity index is 1.98. The lowest BCUT2D eigenvalue weighted by atomic mass is 10.3. The van der Waals surface area contributed by atoms with Gasteiger partial charge in [-0.3, -0.25) is 9.36 Å². The first-order valence-corrected chi connectivity index (χ1v) is 7.20. The van der Waals surface area contributed by atoms with Gasteiger partial charge in [-0.25, -0.2) is 9.78 Å². The van der Waals surface area contributed by atoms with Crippen LogP contribution < -0.4 is 5.56 Å². The average Bonchev–Trinajstić information content (AvgIpc) is 3.08. The van der Waals surface area contributed by atoms with Crippen molar-refractivity contribution in [3.05, 3.63) is 51.3 Å². The standard InChI is InChI=1S/C14H12N2O4S/c1-2-9-5-10-12(21-9)15-7-16(13(10)17)6-8-3-4-11(20-8)14(18)19/h3-5,7H,2,6H2,1H3,(H,18,19). The number of aryl methyl sites for hydroxylation is 1. The number of furan rings is 1. The normalized spacial score (nSPS) is 11.1. The predicted molar refractivity (Wildman–Crippen MR) is 78.0 cm³/mol. The monoisotopic (exact) mass is 304 g/mol. The molecular formula is C14H12N2O4S. The molecule has 108 valence electrons. The number of rotatable bonds is 4. The molecule has 0 spiro atoms. The first-order chi connectivity index (χ1) is 10.1. The van der Waals surface area contributed by atoms with Crippen LogP contribution in [-0.4, -0.2) is 20.6 Å². The van der Waals surface area contributed by atoms with Crippen LogP contribution in [0, 0.1) is 0 Å². The summed E-state index contributed by atoms with van der Waals surface area (Å²) >= 11 is 1.51. The number of aromatic carboxylic acids is 1. The Morgan fingerprint density at radius 2 is 2.29 bits per heavy atom. The van der Waals surface area contributed by atoms with E-state index < -0.39 is 5.97 Å². The molecule has 21 heavy (non-hydrogen) atoms. The predicted octanol–water partition coefficient (Wildman–Crippen LogP) is 2.36. The molecule has 0 atom stereocenters. The van der Waals surface area contributed by atoms with Crippen LogP contribution in [0.25, 0.3) is 10.2 Å². The van der Waals surface area contributed by atoms with Crippen LogP contribution >= 0.6 is 11.3 Å². The topological polar surface area (TPSA) is 85.3 Å². The van der Waals surface area contributed by atoms with Crippen LogP contribution in [0.4, 0.5) is 0 Å². The second-order valence-corrected chi connectivity index (χ2v) is 5.65. The quantitative estimate of drug-likeness (QED) is 0.799. The highest BCUT2D eigenvalue weighted by Gasteiger charge is 2.12. The summed E-state index contributed by atoms with van der Waals surface area (Å²) in [5, 5.41) is 9.40. The third-order valence-electron chi connectivity index (χ3n) is 3.12. The average molecular weight is 304 g/mol. The van der Waals surface area contributed by atoms with Gasteiger partial charge < -0.3 is 9.52 Å². The Morgan fingerprint density at radius 1 is 1.48 bits per heavy atom. The Bertz CT molecular complexity index is 875. The van der Waals surface area contributed by atoms with Crippen LogP contribution in [0.5, 0.6) is 0 Å². The molecule has 0 unspecified atom stereocenters. The number of hydrogen-bond donors (Lipinski definition) is 1. The van der Waals surface area contributed by atoms with E-state index in [0.29, 0.717) is 11.1 Å². The Labute approximate surface area is 123 Å². The van der Waals surface area contributed by atoms with E-state index in [1.165, 1.54) is 28.3 Å². The smallest absolute Gasteiger partial charge is 0.371 e. The summed E-state index contributed by atoms with van der Waals surface area (Å²) < 4.78 is 6.57. The number of fused-ring (bicyclic) bond motifs is 1. The van der Waals surface area contributed by atoms with E-state index in [-0.39, 0.29) is 17.9 Å². The molecule has 1 N–H and O–H groups in total. The van der Waals surface area contributed by atoms with Gasteiger partial charge in [-0.15, -0.1) is 11.3 Å². The number of nitrogens with zero attached hydrogens (tertiary/aromatic N) is 2. The molecule has 0 saturated heterocycles. The first-order valence-electron chi connectivity index (χ1n) is 6.38. The largest absolute Gasteiger partial charge is 0.475 e. The molecule has 7 heteroatoms. The molecule has 0 aromatic carbocycles. The van der Waals surface area contributed by atoms with Crippen LogP contribution in [0.2, 0.25) is 0 Å². The summed E-state index contributed by atoms with van der Waals surface area (Å²) in [7, 11) is 0. The Kier molecular flexibility index (Phi) is 3.34. The number of hydrogen-bond acceptors (Lipinski definition) is 5. The van der Waals surface area contributed by atoms with Gasteiger partial charge in [0.2, 0.25) is 5.76 Å². The highest BCUT2D eigenvalue weighted by atomic mass is 32.1. The third-order valence-corrected chi connectivity index (χ3v) is 4.30. The van der Waals surface area contributed by atoms with Gasteiger partial charge in [0.05, 0.1) is 18.3 Å². The van der Waals surface area contributed by atoms with Crippen LogP contribution in [0.1, 0.15) is 28.1 Å². The number of thiophene rings is 1. The van der Waals surface area contributed by atoms with E-state index >= 15 is 0 Å². The summed E-state index contributed by atoms with van der Waals surface area (Å²) in [5.74, 6) is -0.870. The second-order valence-electron chi connectivity index (χ2n) is 4.53. The molecule has 0 aliphatic rings. The van der Waals surface area contributed by atoms with Crippen LogP contribution in [0.3, 0.4) is 0 Å². The van der Waals surface area contributed by atoms with E-state index in [4.69, 9.17) is 9.52 Å². The molecule has 0 amide bonds. The van der Waals surface area contributed by atoms with Crippen molar-refractivity contribution < 1.29 is 14.3 Å². The van der Waals surface area contributed by atoms with Gasteiger partial charge in [-0.05, 0) is 24.6 Å². The van der Waals surface area contributed by atoms with Gasteiger partial charge in [0.15, 0.2) is 0 Å². The highest BCUT2D eigenvalue weighted by molar-refractivity contribution is 7.18. The molecule has 0 aliphatic carbocycles. The van der Waals surface area contributed by atoms with Gasteiger partial charge >= 0.3 is 5.97 Å². The SMILES string of the molecule is CCc1cc2c(=O)n(Cc3ccc(C(=O)O)o3)cnc2s1. The maximum atomic E-state index is 12.4. The molecule has 6 nitrogen and oxygen atoms in total. The van der Waals surface area contributed by atoms with Crippen molar-refractivity contribution in [1.29, 1.82) is 0 Å². The number of carbonyl (C=O) groups is 1. The summed E-state index contributed by atoms with van der Waals surface area (Å²) in [4.78, 5) is 29.2. The fourth-order valence-electron chi connectivity index (χ4n) is 2.04. The molecule has 0 saturated carbocycles. The fraction of sp³-hybridized carbons (Fsp3) is 0.214. The molecule has 0 radical (unpaired) electrons. The van der Waals surface area contributed by atoms with Gasteiger partial charge in [0, 0.05) is 4.88 Å². The van der Waals surface area contributed by atoms with Gasteiger partial charge in [0.1, 0.15) is 10.6 Å². The summed E-state index contributed by atoms with van der Waals surface area (Å²) in [5.41, 5.74) is -0.149. The minimum absolute atomic E-state index is 0.143. The van der Waals surface area contributed by atoms with E-state index in [9.17, 15) is 9.59 Å². The minimum Gasteiger partial charge on any atom is -0.475 e. The minimum atomic E-state index is -1.13. The maximum Gasteiger partial charge on any atom is 0.371 e. The second kappa shape index (κ2) is 5.17. The molecule has 0 bridgehead atoms. The van der Waals surface area contributed by atoms with Crippen molar-refractivity contribution in [2.24, 2.45) is 0 Å². The third kappa shape index (κ3) is 2.47. The van der Waals surface area contributed by atoms with Crippen LogP contribution in [-0.2, 0) is 13.0 Å². The van der Waals surface area contributed by atoms with Crippen molar-refractivity contribution >= 4 is 27.5 Å². The molecule has 3 aromatic rings. The zero-order valence-corrected chi connectivity index (χ0v) is 12.0. The number of aromatic nitrogens is 2. The molecule has 3 heterocycles. The van der Waals surface area contributed by atoms with Crippen molar-refractivity contribution in [1.82, 2.24) is 9.55 Å². The Hall–Kier alpha value is -2.41. The summed E-state index contributed by atoms with van der Waals surface area (Å²) in [6.07, 6.45) is 2.32. The molecule has 3 aromatic heterocycles.